The van der Waals surface area contributed by atoms with Crippen LogP contribution < -0.4 is 0 Å². The van der Waals surface area contributed by atoms with Crippen LogP contribution in [0.2, 0.25) is 0 Å². The standard InChI is InChI=1S/C14H20O/c1-11(2)14-6-4-5-13(9-14)8-7-12(3)10-15/h4-9,11-12,15H,10H2,1-3H3/t12-/m0/s1. The molecule has 0 saturated heterocycles. The Morgan fingerprint density at radius 3 is 2.60 bits per heavy atom. The van der Waals surface area contributed by atoms with Gasteiger partial charge >= 0.3 is 0 Å². The summed E-state index contributed by atoms with van der Waals surface area (Å²) < 4.78 is 0. The zero-order valence-corrected chi connectivity index (χ0v) is 9.77. The van der Waals surface area contributed by atoms with Gasteiger partial charge in [-0.25, -0.2) is 0 Å². The van der Waals surface area contributed by atoms with Crippen LogP contribution in [0.3, 0.4) is 0 Å². The highest BCUT2D eigenvalue weighted by atomic mass is 16.3. The number of aliphatic hydroxyl groups excluding tert-OH is 1. The molecule has 1 atom stereocenters. The number of hydrogen-bond donors (Lipinski definition) is 1. The van der Waals surface area contributed by atoms with Gasteiger partial charge < -0.3 is 5.11 Å². The molecule has 0 bridgehead atoms. The van der Waals surface area contributed by atoms with E-state index < -0.39 is 0 Å². The van der Waals surface area contributed by atoms with Crippen molar-refractivity contribution in [2.24, 2.45) is 5.92 Å². The van der Waals surface area contributed by atoms with Gasteiger partial charge in [0.15, 0.2) is 0 Å². The van der Waals surface area contributed by atoms with E-state index in [-0.39, 0.29) is 12.5 Å². The fourth-order valence-corrected chi connectivity index (χ4v) is 1.36. The fraction of sp³-hybridized carbons (Fsp3) is 0.429. The topological polar surface area (TPSA) is 20.2 Å². The van der Waals surface area contributed by atoms with Crippen LogP contribution in [0.5, 0.6) is 0 Å². The van der Waals surface area contributed by atoms with Crippen molar-refractivity contribution in [3.8, 4) is 0 Å². The summed E-state index contributed by atoms with van der Waals surface area (Å²) in [5.74, 6) is 0.793. The minimum Gasteiger partial charge on any atom is -0.396 e. The van der Waals surface area contributed by atoms with Gasteiger partial charge in [-0.3, -0.25) is 0 Å². The quantitative estimate of drug-likeness (QED) is 0.796. The van der Waals surface area contributed by atoms with Gasteiger partial charge in [0, 0.05) is 6.61 Å². The Hall–Kier alpha value is -1.08. The average Bonchev–Trinajstić information content (AvgIpc) is 2.26. The van der Waals surface area contributed by atoms with E-state index in [1.54, 1.807) is 0 Å². The molecule has 0 aliphatic heterocycles. The second kappa shape index (κ2) is 5.72. The number of hydrogen-bond acceptors (Lipinski definition) is 1. The Morgan fingerprint density at radius 1 is 1.27 bits per heavy atom. The van der Waals surface area contributed by atoms with E-state index in [0.29, 0.717) is 5.92 Å². The van der Waals surface area contributed by atoms with Gasteiger partial charge in [-0.15, -0.1) is 0 Å². The summed E-state index contributed by atoms with van der Waals surface area (Å²) in [6.07, 6.45) is 4.12. The van der Waals surface area contributed by atoms with Crippen LogP contribution in [0.1, 0.15) is 37.8 Å². The Labute approximate surface area is 92.5 Å². The molecule has 0 aliphatic rings. The minimum atomic E-state index is 0.209. The van der Waals surface area contributed by atoms with Crippen molar-refractivity contribution in [3.05, 3.63) is 41.5 Å². The summed E-state index contributed by atoms with van der Waals surface area (Å²) in [4.78, 5) is 0. The van der Waals surface area contributed by atoms with E-state index in [1.807, 2.05) is 13.0 Å². The molecule has 0 unspecified atom stereocenters. The normalized spacial score (nSPS) is 13.7. The Balaban J connectivity index is 2.78. The third-order valence-corrected chi connectivity index (χ3v) is 2.48. The lowest BCUT2D eigenvalue weighted by molar-refractivity contribution is 0.262. The molecule has 15 heavy (non-hydrogen) atoms. The Kier molecular flexibility index (Phi) is 4.57. The van der Waals surface area contributed by atoms with Crippen LogP contribution in [-0.2, 0) is 0 Å². The van der Waals surface area contributed by atoms with Crippen LogP contribution in [0.15, 0.2) is 30.3 Å². The van der Waals surface area contributed by atoms with Gasteiger partial charge in [-0.05, 0) is 23.0 Å². The second-order valence-electron chi connectivity index (χ2n) is 4.34. The monoisotopic (exact) mass is 204 g/mol. The number of aliphatic hydroxyl groups is 1. The highest BCUT2D eigenvalue weighted by Crippen LogP contribution is 2.16. The first kappa shape index (κ1) is 12.0. The largest absolute Gasteiger partial charge is 0.396 e. The summed E-state index contributed by atoms with van der Waals surface area (Å²) in [5, 5.41) is 8.90. The highest BCUT2D eigenvalue weighted by molar-refractivity contribution is 5.50. The summed E-state index contributed by atoms with van der Waals surface area (Å²) in [6, 6.07) is 8.52. The zero-order chi connectivity index (χ0) is 11.3. The summed E-state index contributed by atoms with van der Waals surface area (Å²) in [6.45, 7) is 6.60. The van der Waals surface area contributed by atoms with E-state index in [0.717, 1.165) is 0 Å². The van der Waals surface area contributed by atoms with Gasteiger partial charge in [-0.1, -0.05) is 57.2 Å². The predicted octanol–water partition coefficient (Wildman–Crippen LogP) is 3.45. The molecule has 1 rings (SSSR count). The van der Waals surface area contributed by atoms with E-state index in [2.05, 4.69) is 44.2 Å². The van der Waals surface area contributed by atoms with Crippen molar-refractivity contribution in [1.29, 1.82) is 0 Å². The molecular formula is C14H20O. The van der Waals surface area contributed by atoms with Crippen LogP contribution in [-0.4, -0.2) is 11.7 Å². The van der Waals surface area contributed by atoms with Crippen molar-refractivity contribution in [3.63, 3.8) is 0 Å². The van der Waals surface area contributed by atoms with E-state index in [9.17, 15) is 0 Å². The summed E-state index contributed by atoms with van der Waals surface area (Å²) in [5.41, 5.74) is 2.57. The fourth-order valence-electron chi connectivity index (χ4n) is 1.36. The molecule has 1 heteroatoms. The third kappa shape index (κ3) is 3.88. The SMILES string of the molecule is CC(C)c1cccc(C=C[C@H](C)CO)c1. The van der Waals surface area contributed by atoms with E-state index >= 15 is 0 Å². The van der Waals surface area contributed by atoms with Crippen molar-refractivity contribution in [2.75, 3.05) is 6.61 Å². The van der Waals surface area contributed by atoms with Crippen molar-refractivity contribution < 1.29 is 5.11 Å². The highest BCUT2D eigenvalue weighted by Gasteiger charge is 1.98. The molecule has 1 nitrogen and oxygen atoms in total. The molecule has 1 N–H and O–H groups in total. The van der Waals surface area contributed by atoms with Gasteiger partial charge in [-0.2, -0.15) is 0 Å². The molecule has 0 amide bonds. The van der Waals surface area contributed by atoms with Gasteiger partial charge in [0.05, 0.1) is 0 Å². The lowest BCUT2D eigenvalue weighted by atomic mass is 10.0. The first-order valence-electron chi connectivity index (χ1n) is 5.52. The summed E-state index contributed by atoms with van der Waals surface area (Å²) in [7, 11) is 0. The number of rotatable bonds is 4. The zero-order valence-electron chi connectivity index (χ0n) is 9.77. The van der Waals surface area contributed by atoms with E-state index in [1.165, 1.54) is 11.1 Å². The molecule has 0 aliphatic carbocycles. The van der Waals surface area contributed by atoms with Crippen LogP contribution >= 0.6 is 0 Å². The Bertz CT molecular complexity index is 326. The van der Waals surface area contributed by atoms with Crippen LogP contribution in [0.25, 0.3) is 6.08 Å². The van der Waals surface area contributed by atoms with Gasteiger partial charge in [0.2, 0.25) is 0 Å². The molecular weight excluding hydrogens is 184 g/mol. The molecule has 1 aromatic carbocycles. The molecule has 0 heterocycles. The van der Waals surface area contributed by atoms with Crippen molar-refractivity contribution in [1.82, 2.24) is 0 Å². The maximum Gasteiger partial charge on any atom is 0.0491 e. The maximum absolute atomic E-state index is 8.90. The molecule has 82 valence electrons. The van der Waals surface area contributed by atoms with Crippen LogP contribution in [0, 0.1) is 5.92 Å². The predicted molar refractivity (Wildman–Crippen MR) is 65.8 cm³/mol. The minimum absolute atomic E-state index is 0.209. The maximum atomic E-state index is 8.90. The molecule has 0 aromatic heterocycles. The molecule has 0 saturated carbocycles. The van der Waals surface area contributed by atoms with Crippen LogP contribution in [0.4, 0.5) is 0 Å². The summed E-state index contributed by atoms with van der Waals surface area (Å²) >= 11 is 0. The van der Waals surface area contributed by atoms with E-state index in [4.69, 9.17) is 5.11 Å². The van der Waals surface area contributed by atoms with Crippen molar-refractivity contribution >= 4 is 6.08 Å². The lowest BCUT2D eigenvalue weighted by Crippen LogP contribution is -1.94. The first-order chi connectivity index (χ1) is 7.13. The third-order valence-electron chi connectivity index (χ3n) is 2.48. The lowest BCUT2D eigenvalue weighted by Gasteiger charge is -2.06. The van der Waals surface area contributed by atoms with Crippen molar-refractivity contribution in [2.45, 2.75) is 26.7 Å². The molecule has 0 radical (unpaired) electrons. The first-order valence-corrected chi connectivity index (χ1v) is 5.52. The number of benzene rings is 1. The molecule has 1 aromatic rings. The Morgan fingerprint density at radius 2 is 2.00 bits per heavy atom. The molecule has 0 fully saturated rings. The average molecular weight is 204 g/mol. The second-order valence-corrected chi connectivity index (χ2v) is 4.34. The smallest absolute Gasteiger partial charge is 0.0491 e. The van der Waals surface area contributed by atoms with Gasteiger partial charge in [0.25, 0.3) is 0 Å². The molecule has 0 spiro atoms. The van der Waals surface area contributed by atoms with Gasteiger partial charge in [0.1, 0.15) is 0 Å².